The average Bonchev–Trinajstić information content (AvgIpc) is 0.925. The number of piperazine rings is 3. The molecule has 6 saturated heterocycles. The highest BCUT2D eigenvalue weighted by Crippen LogP contribution is 2.39. The predicted octanol–water partition coefficient (Wildman–Crippen LogP) is 15.5. The zero-order valence-corrected chi connectivity index (χ0v) is 84.0. The fourth-order valence-corrected chi connectivity index (χ4v) is 20.4. The number of morpholine rings is 2. The minimum Gasteiger partial charge on any atom is -0.376 e. The molecule has 0 aliphatic carbocycles. The van der Waals surface area contributed by atoms with Crippen molar-refractivity contribution in [1.29, 1.82) is 0 Å². The van der Waals surface area contributed by atoms with Crippen LogP contribution in [0.3, 0.4) is 0 Å². The molecule has 0 radical (unpaired) electrons. The van der Waals surface area contributed by atoms with Crippen molar-refractivity contribution in [1.82, 2.24) is 84.5 Å². The van der Waals surface area contributed by atoms with Gasteiger partial charge in [0, 0.05) is 194 Å². The van der Waals surface area contributed by atoms with Gasteiger partial charge in [-0.1, -0.05) is 118 Å². The lowest BCUT2D eigenvalue weighted by Gasteiger charge is -2.39. The highest BCUT2D eigenvalue weighted by Gasteiger charge is 2.44. The minimum absolute atomic E-state index is 0.0571. The van der Waals surface area contributed by atoms with Crippen molar-refractivity contribution in [3.63, 3.8) is 0 Å². The standard InChI is InChI=1S/C24H25FN4O.C23H22F4N4O.C23H29N5O2.C22H23FN4O.C21H25N5O2/c25-18-6-4-17(5-7-18)21-13-23(24(26)30)27-22-12-16(3-8-20(21)22)14-28-10-11-29-9-1-2-19(29)15-28;1-13-10-29-21(23(25,26)27)12-31(13)11-14-2-7-17-18(15-3-5-16(24)6-4-15)9-20(22(28)32)30-19(17)8-14;1-15(2)8-18-14-28(6-7-30-18)12-16-4-5-19-20(17-11-25-27(3)13-17)10-22(23(24)29)26-21(19)9-16;1-14-12-27(9-8-25-14)13-15-2-7-18-19(16-3-5-17(23)6-4-16)11-21(22(24)28)26-20(18)10-15;1-3-16-13-26(6-7-28-16)11-14-4-5-17-18(15-10-23-25(2)12-15)9-20(21(22)27)24-19(17)8-14/h3-8,12-13,19H,1-2,9-11,14-15H2,(H2,26,30);2-9,13,21,29H,10-12H2,1H3,(H2,28,32);4-5,9-11,13,15,18H,6-8,12,14H2,1-3H3,(H2,24,29);2-7,10-11,14,25H,8-9,12-13H2,1H3,(H2,24,28);4-5,8-10,12,16H,3,6-7,11,13H2,1-2H3,(H2,22,27)/t19-;13-,21?;;14-;/m11.0./s1. The van der Waals surface area contributed by atoms with Crippen LogP contribution in [0.25, 0.3) is 110 Å². The second kappa shape index (κ2) is 46.9. The number of hydrogen-bond acceptors (Lipinski definition) is 22. The Morgan fingerprint density at radius 3 is 1.11 bits per heavy atom. The summed E-state index contributed by atoms with van der Waals surface area (Å²) in [5.41, 5.74) is 45.9. The Morgan fingerprint density at radius 1 is 0.412 bits per heavy atom. The van der Waals surface area contributed by atoms with Crippen LogP contribution in [0.1, 0.15) is 141 Å². The number of benzene rings is 8. The smallest absolute Gasteiger partial charge is 0.376 e. The summed E-state index contributed by atoms with van der Waals surface area (Å²) in [4.78, 5) is 95.7. The summed E-state index contributed by atoms with van der Waals surface area (Å²) in [6.45, 7) is 27.2. The molecule has 6 atom stereocenters. The number of carbonyl (C=O) groups excluding carboxylic acids is 5. The van der Waals surface area contributed by atoms with Crippen molar-refractivity contribution in [2.24, 2.45) is 48.7 Å². The molecule has 148 heavy (non-hydrogen) atoms. The van der Waals surface area contributed by atoms with E-state index < -0.39 is 41.8 Å². The van der Waals surface area contributed by atoms with E-state index in [1.54, 1.807) is 99.5 Å². The fraction of sp³-hybridized carbons (Fsp3) is 0.345. The van der Waals surface area contributed by atoms with Gasteiger partial charge < -0.3 is 48.8 Å². The first-order valence-corrected chi connectivity index (χ1v) is 50.2. The number of carbonyl (C=O) groups is 5. The van der Waals surface area contributed by atoms with Gasteiger partial charge in [-0.15, -0.1) is 0 Å². The van der Waals surface area contributed by atoms with Crippen LogP contribution in [0.4, 0.5) is 26.3 Å². The molecule has 770 valence electrons. The third kappa shape index (κ3) is 26.3. The summed E-state index contributed by atoms with van der Waals surface area (Å²) in [5, 5.41) is 19.0. The number of nitrogens with zero attached hydrogens (tertiary/aromatic N) is 15. The number of nitrogens with two attached hydrogens (primary N) is 5. The van der Waals surface area contributed by atoms with Gasteiger partial charge in [0.2, 0.25) is 0 Å². The molecule has 0 spiro atoms. The van der Waals surface area contributed by atoms with Crippen LogP contribution < -0.4 is 39.3 Å². The molecular weight excluding hydrogens is 1890 g/mol. The number of fused-ring (bicyclic) bond motifs is 6. The number of pyridine rings is 5. The maximum atomic E-state index is 13.4. The summed E-state index contributed by atoms with van der Waals surface area (Å²) in [6, 6.07) is 56.5. The van der Waals surface area contributed by atoms with Crippen LogP contribution in [0.2, 0.25) is 0 Å². The van der Waals surface area contributed by atoms with E-state index in [0.29, 0.717) is 47.3 Å². The Labute approximate surface area is 854 Å². The van der Waals surface area contributed by atoms with Gasteiger partial charge in [0.25, 0.3) is 29.5 Å². The van der Waals surface area contributed by atoms with Crippen molar-refractivity contribution >= 4 is 84.1 Å². The Bertz CT molecular complexity index is 7340. The SMILES string of the molecule is CC(C)CC1CN(Cc2ccc3c(-c4cnn(C)c4)cc(C(N)=O)nc3c2)CCO1.CCC1CN(Cc2ccc3c(-c4cnn(C)c4)cc(C(N)=O)nc3c2)CCO1.C[C@@H]1CNC(C(F)(F)F)CN1Cc1ccc2c(-c3ccc(F)cc3)cc(C(N)=O)nc2c1.C[C@H]1CN(Cc2ccc3c(-c4ccc(F)cc4)cc(C(N)=O)nc3c2)CCN1.NC(=O)c1cc(-c2ccc(F)cc2)c2ccc(CN3CCN4CCC[C@@H]4C3)cc2n1. The van der Waals surface area contributed by atoms with Gasteiger partial charge in [-0.05, 0) is 221 Å². The first kappa shape index (κ1) is 105. The number of hydrogen-bond donors (Lipinski definition) is 7. The largest absolute Gasteiger partial charge is 0.405 e. The monoisotopic (exact) mass is 2010 g/mol. The van der Waals surface area contributed by atoms with E-state index in [-0.39, 0.29) is 71.2 Å². The molecule has 3 unspecified atom stereocenters. The number of primary amides is 5. The highest BCUT2D eigenvalue weighted by atomic mass is 19.4. The van der Waals surface area contributed by atoms with Gasteiger partial charge >= 0.3 is 6.18 Å². The Morgan fingerprint density at radius 2 is 0.764 bits per heavy atom. The van der Waals surface area contributed by atoms with Gasteiger partial charge in [0.15, 0.2) is 0 Å². The molecule has 13 heterocycles. The average molecular weight is 2020 g/mol. The van der Waals surface area contributed by atoms with Crippen molar-refractivity contribution in [2.45, 2.75) is 136 Å². The van der Waals surface area contributed by atoms with Gasteiger partial charge in [-0.3, -0.25) is 62.7 Å². The van der Waals surface area contributed by atoms with Crippen molar-refractivity contribution in [3.8, 4) is 55.6 Å². The second-order valence-electron chi connectivity index (χ2n) is 39.6. The third-order valence-corrected chi connectivity index (χ3v) is 28.0. The van der Waals surface area contributed by atoms with E-state index in [1.165, 1.54) is 66.9 Å². The number of nitrogens with one attached hydrogen (secondary N) is 2. The van der Waals surface area contributed by atoms with Crippen LogP contribution in [0.5, 0.6) is 0 Å². The Hall–Kier alpha value is -14.2. The normalized spacial score (nSPS) is 18.6. The van der Waals surface area contributed by atoms with Crippen LogP contribution in [0.15, 0.2) is 219 Å². The minimum atomic E-state index is -4.32. The number of rotatable bonds is 23. The van der Waals surface area contributed by atoms with E-state index in [2.05, 4.69) is 153 Å². The molecule has 0 saturated carbocycles. The van der Waals surface area contributed by atoms with E-state index in [4.69, 9.17) is 38.1 Å². The molecule has 35 heteroatoms. The molecular formula is C113H124F6N22O7. The maximum absolute atomic E-state index is 13.4. The quantitative estimate of drug-likeness (QED) is 0.0292. The van der Waals surface area contributed by atoms with Crippen molar-refractivity contribution in [2.75, 3.05) is 98.3 Å². The van der Waals surface area contributed by atoms with Crippen molar-refractivity contribution in [3.05, 3.63) is 293 Å². The van der Waals surface area contributed by atoms with Crippen LogP contribution >= 0.6 is 0 Å². The third-order valence-electron chi connectivity index (χ3n) is 28.0. The Balaban J connectivity index is 0.000000126. The Kier molecular flexibility index (Phi) is 33.3. The second-order valence-corrected chi connectivity index (χ2v) is 39.6. The van der Waals surface area contributed by atoms with Crippen LogP contribution in [0, 0.1) is 23.4 Å². The molecule has 12 N–H and O–H groups in total. The summed E-state index contributed by atoms with van der Waals surface area (Å²) in [7, 11) is 3.74. The lowest BCUT2D eigenvalue weighted by Crippen LogP contribution is -2.60. The molecule has 6 fully saturated rings. The zero-order chi connectivity index (χ0) is 104. The number of ether oxygens (including phenoxy) is 2. The highest BCUT2D eigenvalue weighted by molar-refractivity contribution is 6.06. The molecule has 0 bridgehead atoms. The summed E-state index contributed by atoms with van der Waals surface area (Å²) >= 11 is 0. The maximum Gasteiger partial charge on any atom is 0.405 e. The topological polar surface area (TPSA) is 377 Å². The van der Waals surface area contributed by atoms with Gasteiger partial charge in [-0.25, -0.2) is 38.1 Å². The molecule has 7 aromatic heterocycles. The van der Waals surface area contributed by atoms with Gasteiger partial charge in [0.05, 0.1) is 65.4 Å². The first-order valence-electron chi connectivity index (χ1n) is 50.2. The molecule has 5 amide bonds. The van der Waals surface area contributed by atoms with Crippen molar-refractivity contribution < 1.29 is 59.8 Å². The van der Waals surface area contributed by atoms with E-state index >= 15 is 0 Å². The predicted molar refractivity (Wildman–Crippen MR) is 562 cm³/mol. The van der Waals surface area contributed by atoms with Crippen LogP contribution in [-0.2, 0) is 56.3 Å². The molecule has 21 rings (SSSR count). The summed E-state index contributed by atoms with van der Waals surface area (Å²) in [5.74, 6) is -3.26. The number of aromatic nitrogens is 9. The molecule has 15 aromatic rings. The van der Waals surface area contributed by atoms with Gasteiger partial charge in [0.1, 0.15) is 52.0 Å². The lowest BCUT2D eigenvalue weighted by atomic mass is 9.98. The summed E-state index contributed by atoms with van der Waals surface area (Å²) < 4.78 is 94.8. The number of alkyl halides is 3. The van der Waals surface area contributed by atoms with E-state index in [1.807, 2.05) is 63.7 Å². The molecule has 6 aliphatic heterocycles. The van der Waals surface area contributed by atoms with Gasteiger partial charge in [-0.2, -0.15) is 23.4 Å². The summed E-state index contributed by atoms with van der Waals surface area (Å²) in [6.07, 6.45) is 8.38. The van der Waals surface area contributed by atoms with E-state index in [0.717, 1.165) is 228 Å². The lowest BCUT2D eigenvalue weighted by molar-refractivity contribution is -0.168. The zero-order valence-electron chi connectivity index (χ0n) is 84.0. The molecule has 6 aliphatic rings. The molecule has 29 nitrogen and oxygen atoms in total. The molecule has 8 aromatic carbocycles. The number of amides is 5. The van der Waals surface area contributed by atoms with E-state index in [9.17, 15) is 50.3 Å². The fourth-order valence-electron chi connectivity index (χ4n) is 20.4. The van der Waals surface area contributed by atoms with Crippen LogP contribution in [-0.4, -0.2) is 244 Å². The number of halogens is 6. The first-order chi connectivity index (χ1) is 71.1. The number of aryl methyl sites for hydroxylation is 2.